The van der Waals surface area contributed by atoms with Crippen molar-refractivity contribution in [2.24, 2.45) is 7.05 Å². The number of nitrogens with zero attached hydrogens (tertiary/aromatic N) is 3. The van der Waals surface area contributed by atoms with E-state index in [-0.39, 0.29) is 13.2 Å². The summed E-state index contributed by atoms with van der Waals surface area (Å²) in [5, 5.41) is 9.03. The molecule has 1 N–H and O–H groups in total. The zero-order valence-electron chi connectivity index (χ0n) is 14.8. The predicted octanol–water partition coefficient (Wildman–Crippen LogP) is 2.52. The second-order valence-electron chi connectivity index (χ2n) is 6.39. The van der Waals surface area contributed by atoms with Crippen molar-refractivity contribution in [2.75, 3.05) is 19.7 Å². The van der Waals surface area contributed by atoms with E-state index in [2.05, 4.69) is 20.9 Å². The van der Waals surface area contributed by atoms with Gasteiger partial charge in [-0.1, -0.05) is 30.3 Å². The monoisotopic (exact) mass is 437 g/mol. The van der Waals surface area contributed by atoms with E-state index in [1.54, 1.807) is 17.8 Å². The topological polar surface area (TPSA) is 93.9 Å². The van der Waals surface area contributed by atoms with Crippen LogP contribution in [-0.2, 0) is 33.5 Å². The zero-order chi connectivity index (χ0) is 19.4. The van der Waals surface area contributed by atoms with Crippen molar-refractivity contribution in [2.45, 2.75) is 18.6 Å². The molecule has 1 atom stereocenters. The molecule has 1 aromatic heterocycles. The summed E-state index contributed by atoms with van der Waals surface area (Å²) >= 11 is 3.32. The number of rotatable bonds is 6. The number of hydrogen-bond donors (Lipinski definition) is 1. The summed E-state index contributed by atoms with van der Waals surface area (Å²) in [7, 11) is 1.80. The van der Waals surface area contributed by atoms with Gasteiger partial charge in [-0.3, -0.25) is 0 Å². The highest BCUT2D eigenvalue weighted by atomic mass is 79.9. The van der Waals surface area contributed by atoms with Crippen molar-refractivity contribution in [3.05, 3.63) is 52.5 Å². The minimum Gasteiger partial charge on any atom is -0.480 e. The highest BCUT2D eigenvalue weighted by Crippen LogP contribution is 2.36. The largest absolute Gasteiger partial charge is 0.480 e. The fourth-order valence-electron chi connectivity index (χ4n) is 3.17. The maximum atomic E-state index is 12.5. The van der Waals surface area contributed by atoms with E-state index >= 15 is 0 Å². The van der Waals surface area contributed by atoms with Crippen LogP contribution < -0.4 is 0 Å². The second-order valence-corrected chi connectivity index (χ2v) is 7.20. The number of ether oxygens (including phenoxy) is 2. The van der Waals surface area contributed by atoms with Gasteiger partial charge in [-0.25, -0.2) is 14.6 Å². The van der Waals surface area contributed by atoms with Crippen LogP contribution in [-0.4, -0.2) is 51.3 Å². The van der Waals surface area contributed by atoms with Gasteiger partial charge in [0.25, 0.3) is 0 Å². The normalized spacial score (nSPS) is 19.3. The average molecular weight is 438 g/mol. The number of carboxylic acids is 1. The number of carbonyl (C=O) groups excluding carboxylic acids is 1. The minimum atomic E-state index is -1.08. The Balaban J connectivity index is 1.72. The average Bonchev–Trinajstić information content (AvgIpc) is 3.23. The number of likely N-dealkylation sites (tertiary alicyclic amines) is 1. The fraction of sp³-hybridized carbons (Fsp3) is 0.389. The number of amides is 1. The first-order valence-electron chi connectivity index (χ1n) is 8.40. The van der Waals surface area contributed by atoms with E-state index < -0.39 is 24.3 Å². The van der Waals surface area contributed by atoms with Crippen LogP contribution in [0.2, 0.25) is 0 Å². The van der Waals surface area contributed by atoms with Gasteiger partial charge in [0.2, 0.25) is 0 Å². The van der Waals surface area contributed by atoms with Gasteiger partial charge in [-0.05, 0) is 21.5 Å². The molecule has 144 valence electrons. The van der Waals surface area contributed by atoms with Crippen molar-refractivity contribution < 1.29 is 24.2 Å². The maximum Gasteiger partial charge on any atom is 0.410 e. The van der Waals surface area contributed by atoms with Gasteiger partial charge in [0.1, 0.15) is 29.2 Å². The number of aliphatic carboxylic acids is 1. The molecular weight excluding hydrogens is 418 g/mol. The van der Waals surface area contributed by atoms with Crippen LogP contribution in [0.1, 0.15) is 17.8 Å². The van der Waals surface area contributed by atoms with Crippen LogP contribution >= 0.6 is 15.9 Å². The van der Waals surface area contributed by atoms with Crippen molar-refractivity contribution >= 4 is 28.0 Å². The van der Waals surface area contributed by atoms with Gasteiger partial charge in [0.05, 0.1) is 6.54 Å². The van der Waals surface area contributed by atoms with E-state index in [9.17, 15) is 9.59 Å². The molecule has 3 rings (SSSR count). The van der Waals surface area contributed by atoms with Crippen LogP contribution in [0.5, 0.6) is 0 Å². The third kappa shape index (κ3) is 4.48. The van der Waals surface area contributed by atoms with Crippen LogP contribution in [0, 0.1) is 0 Å². The Morgan fingerprint density at radius 2 is 2.07 bits per heavy atom. The van der Waals surface area contributed by atoms with E-state index in [1.807, 2.05) is 30.3 Å². The second kappa shape index (κ2) is 8.10. The van der Waals surface area contributed by atoms with Gasteiger partial charge >= 0.3 is 12.1 Å². The Hall–Kier alpha value is -2.39. The number of benzene rings is 1. The smallest absolute Gasteiger partial charge is 0.410 e. The lowest BCUT2D eigenvalue weighted by Crippen LogP contribution is -2.39. The highest BCUT2D eigenvalue weighted by molar-refractivity contribution is 9.10. The molecule has 1 aliphatic heterocycles. The van der Waals surface area contributed by atoms with Crippen molar-refractivity contribution in [1.82, 2.24) is 14.5 Å². The first kappa shape index (κ1) is 19.4. The molecule has 0 saturated carbocycles. The standard InChI is InChI=1S/C18H20BrN3O5/c1-21-9-14(19)20-16(21)18(27-11-15(23)24)7-8-22(12-18)17(25)26-10-13-5-3-2-4-6-13/h2-6,9H,7-8,10-12H2,1H3,(H,23,24). The van der Waals surface area contributed by atoms with Gasteiger partial charge in [0, 0.05) is 26.2 Å². The number of imidazole rings is 1. The molecule has 0 aliphatic carbocycles. The summed E-state index contributed by atoms with van der Waals surface area (Å²) in [6.07, 6.45) is 1.73. The van der Waals surface area contributed by atoms with Crippen LogP contribution in [0.4, 0.5) is 4.79 Å². The molecule has 0 bridgehead atoms. The highest BCUT2D eigenvalue weighted by Gasteiger charge is 2.46. The minimum absolute atomic E-state index is 0.172. The lowest BCUT2D eigenvalue weighted by molar-refractivity contribution is -0.150. The molecule has 0 spiro atoms. The molecule has 0 radical (unpaired) electrons. The summed E-state index contributed by atoms with van der Waals surface area (Å²) in [5.74, 6) is -0.512. The number of aromatic nitrogens is 2. The van der Waals surface area contributed by atoms with Gasteiger partial charge < -0.3 is 24.0 Å². The van der Waals surface area contributed by atoms with Crippen molar-refractivity contribution in [1.29, 1.82) is 0 Å². The molecule has 9 heteroatoms. The number of carboxylic acid groups (broad SMARTS) is 1. The molecular formula is C18H20BrN3O5. The summed E-state index contributed by atoms with van der Waals surface area (Å²) in [6, 6.07) is 9.41. The first-order valence-corrected chi connectivity index (χ1v) is 9.20. The molecule has 1 aliphatic rings. The van der Waals surface area contributed by atoms with Gasteiger partial charge in [-0.2, -0.15) is 0 Å². The fourth-order valence-corrected chi connectivity index (χ4v) is 3.64. The number of halogens is 1. The SMILES string of the molecule is Cn1cc(Br)nc1C1(OCC(=O)O)CCN(C(=O)OCc2ccccc2)C1. The van der Waals surface area contributed by atoms with Crippen molar-refractivity contribution in [3.63, 3.8) is 0 Å². The Labute approximate surface area is 164 Å². The Morgan fingerprint density at radius 1 is 1.33 bits per heavy atom. The molecule has 1 aromatic carbocycles. The molecule has 2 heterocycles. The number of carbonyl (C=O) groups is 2. The Kier molecular flexibility index (Phi) is 5.81. The van der Waals surface area contributed by atoms with Crippen LogP contribution in [0.15, 0.2) is 41.1 Å². The molecule has 1 fully saturated rings. The summed E-state index contributed by atoms with van der Waals surface area (Å²) in [5.41, 5.74) is -0.100. The number of aryl methyl sites for hydroxylation is 1. The lowest BCUT2D eigenvalue weighted by Gasteiger charge is -2.28. The number of hydrogen-bond acceptors (Lipinski definition) is 5. The lowest BCUT2D eigenvalue weighted by atomic mass is 10.0. The van der Waals surface area contributed by atoms with E-state index in [0.29, 0.717) is 23.4 Å². The quantitative estimate of drug-likeness (QED) is 0.745. The van der Waals surface area contributed by atoms with E-state index in [4.69, 9.17) is 14.6 Å². The molecule has 1 saturated heterocycles. The van der Waals surface area contributed by atoms with Gasteiger partial charge in [0.15, 0.2) is 0 Å². The van der Waals surface area contributed by atoms with Crippen molar-refractivity contribution in [3.8, 4) is 0 Å². The maximum absolute atomic E-state index is 12.5. The van der Waals surface area contributed by atoms with Crippen LogP contribution in [0.25, 0.3) is 0 Å². The third-order valence-corrected chi connectivity index (χ3v) is 4.80. The van der Waals surface area contributed by atoms with Crippen LogP contribution in [0.3, 0.4) is 0 Å². The zero-order valence-corrected chi connectivity index (χ0v) is 16.4. The molecule has 8 nitrogen and oxygen atoms in total. The molecule has 1 amide bonds. The summed E-state index contributed by atoms with van der Waals surface area (Å²) in [6.45, 7) is 0.257. The molecule has 27 heavy (non-hydrogen) atoms. The Bertz CT molecular complexity index is 826. The third-order valence-electron chi connectivity index (χ3n) is 4.42. The predicted molar refractivity (Wildman–Crippen MR) is 99.0 cm³/mol. The summed E-state index contributed by atoms with van der Waals surface area (Å²) in [4.78, 5) is 29.4. The molecule has 1 unspecified atom stereocenters. The van der Waals surface area contributed by atoms with Gasteiger partial charge in [-0.15, -0.1) is 0 Å². The summed E-state index contributed by atoms with van der Waals surface area (Å²) < 4.78 is 13.5. The molecule has 2 aromatic rings. The first-order chi connectivity index (χ1) is 12.9. The Morgan fingerprint density at radius 3 is 2.70 bits per heavy atom. The van der Waals surface area contributed by atoms with E-state index in [0.717, 1.165) is 5.56 Å². The van der Waals surface area contributed by atoms with E-state index in [1.165, 1.54) is 4.90 Å².